The van der Waals surface area contributed by atoms with Crippen LogP contribution in [0.25, 0.3) is 0 Å². The van der Waals surface area contributed by atoms with Crippen LogP contribution in [0.4, 0.5) is 39.5 Å². The molecule has 33 heavy (non-hydrogen) atoms. The van der Waals surface area contributed by atoms with E-state index < -0.39 is 65.1 Å². The van der Waals surface area contributed by atoms with Gasteiger partial charge in [0, 0.05) is 6.42 Å². The lowest BCUT2D eigenvalue weighted by Crippen LogP contribution is -2.46. The minimum atomic E-state index is -5.11. The summed E-state index contributed by atoms with van der Waals surface area (Å²) in [6, 6.07) is 2.70. The molecule has 0 spiro atoms. The van der Waals surface area contributed by atoms with E-state index in [1.165, 1.54) is 0 Å². The Morgan fingerprint density at radius 2 is 1.18 bits per heavy atom. The van der Waals surface area contributed by atoms with Crippen LogP contribution in [0.2, 0.25) is 0 Å². The van der Waals surface area contributed by atoms with Crippen molar-refractivity contribution in [2.75, 3.05) is 0 Å². The number of amides is 2. The highest BCUT2D eigenvalue weighted by Crippen LogP contribution is 2.36. The summed E-state index contributed by atoms with van der Waals surface area (Å²) in [6.45, 7) is 0. The average Bonchev–Trinajstić information content (AvgIpc) is 2.65. The molecule has 0 aliphatic carbocycles. The Hall–Kier alpha value is -3.25. The van der Waals surface area contributed by atoms with Crippen molar-refractivity contribution < 1.29 is 49.1 Å². The second kappa shape index (κ2) is 9.32. The van der Waals surface area contributed by atoms with E-state index in [1.54, 1.807) is 0 Å². The van der Waals surface area contributed by atoms with Gasteiger partial charge in [-0.2, -0.15) is 39.5 Å². The number of primary amides is 1. The summed E-state index contributed by atoms with van der Waals surface area (Å²) in [4.78, 5) is 23.8. The third-order valence-electron chi connectivity index (χ3n) is 4.41. The number of nitrogens with two attached hydrogens (primary N) is 1. The lowest BCUT2D eigenvalue weighted by atomic mass is 10.0. The van der Waals surface area contributed by atoms with E-state index in [-0.39, 0.29) is 18.1 Å². The highest BCUT2D eigenvalue weighted by molar-refractivity contribution is 5.87. The van der Waals surface area contributed by atoms with E-state index in [4.69, 9.17) is 5.73 Å². The van der Waals surface area contributed by atoms with Gasteiger partial charge in [0.05, 0.1) is 23.1 Å². The SMILES string of the molecule is NC(=O)[C@@H](Cc1ccc(C(F)(F)F)cc1)NC(=O)Cc1cc(C(F)(F)F)cc(C(F)(F)F)c1. The zero-order chi connectivity index (χ0) is 25.2. The van der Waals surface area contributed by atoms with E-state index in [1.807, 2.05) is 0 Å². The fourth-order valence-electron chi connectivity index (χ4n) is 2.84. The Balaban J connectivity index is 2.19. The van der Waals surface area contributed by atoms with Gasteiger partial charge in [0.1, 0.15) is 6.04 Å². The lowest BCUT2D eigenvalue weighted by Gasteiger charge is -2.17. The van der Waals surface area contributed by atoms with Gasteiger partial charge < -0.3 is 11.1 Å². The minimum Gasteiger partial charge on any atom is -0.368 e. The maximum absolute atomic E-state index is 12.9. The zero-order valence-corrected chi connectivity index (χ0v) is 16.3. The maximum atomic E-state index is 12.9. The van der Waals surface area contributed by atoms with Crippen molar-refractivity contribution in [3.8, 4) is 0 Å². The number of alkyl halides is 9. The number of nitrogens with one attached hydrogen (secondary N) is 1. The normalized spacial score (nSPS) is 13.5. The highest BCUT2D eigenvalue weighted by atomic mass is 19.4. The number of carbonyl (C=O) groups is 2. The molecule has 0 heterocycles. The van der Waals surface area contributed by atoms with Gasteiger partial charge in [0.2, 0.25) is 11.8 Å². The van der Waals surface area contributed by atoms with Gasteiger partial charge in [0.25, 0.3) is 0 Å². The summed E-state index contributed by atoms with van der Waals surface area (Å²) >= 11 is 0. The number of benzene rings is 2. The van der Waals surface area contributed by atoms with Crippen molar-refractivity contribution in [2.24, 2.45) is 5.73 Å². The molecule has 0 bridgehead atoms. The number of halogens is 9. The van der Waals surface area contributed by atoms with Crippen molar-refractivity contribution in [1.29, 1.82) is 0 Å². The smallest absolute Gasteiger partial charge is 0.368 e. The van der Waals surface area contributed by atoms with Gasteiger partial charge in [-0.15, -0.1) is 0 Å². The molecule has 2 amide bonds. The maximum Gasteiger partial charge on any atom is 0.416 e. The van der Waals surface area contributed by atoms with Gasteiger partial charge in [-0.05, 0) is 41.5 Å². The Morgan fingerprint density at radius 3 is 1.58 bits per heavy atom. The van der Waals surface area contributed by atoms with Gasteiger partial charge >= 0.3 is 18.5 Å². The molecule has 0 saturated carbocycles. The van der Waals surface area contributed by atoms with Crippen LogP contribution in [0.5, 0.6) is 0 Å². The quantitative estimate of drug-likeness (QED) is 0.591. The van der Waals surface area contributed by atoms with E-state index in [0.717, 1.165) is 24.3 Å². The van der Waals surface area contributed by atoms with E-state index in [0.29, 0.717) is 12.1 Å². The van der Waals surface area contributed by atoms with Crippen LogP contribution in [0.3, 0.4) is 0 Å². The summed E-state index contributed by atoms with van der Waals surface area (Å²) in [5.74, 6) is -2.22. The van der Waals surface area contributed by atoms with Gasteiger partial charge in [-0.3, -0.25) is 9.59 Å². The van der Waals surface area contributed by atoms with E-state index >= 15 is 0 Å². The fraction of sp³-hybridized carbons (Fsp3) is 0.300. The second-order valence-electron chi connectivity index (χ2n) is 7.01. The first-order valence-electron chi connectivity index (χ1n) is 9.00. The van der Waals surface area contributed by atoms with Crippen LogP contribution in [0.1, 0.15) is 27.8 Å². The Bertz CT molecular complexity index is 978. The summed E-state index contributed by atoms with van der Waals surface area (Å²) in [5, 5.41) is 2.08. The average molecular weight is 486 g/mol. The van der Waals surface area contributed by atoms with Crippen LogP contribution in [-0.4, -0.2) is 17.9 Å². The largest absolute Gasteiger partial charge is 0.416 e. The second-order valence-corrected chi connectivity index (χ2v) is 7.01. The summed E-state index contributed by atoms with van der Waals surface area (Å²) in [5.41, 5.74) is 0.519. The minimum absolute atomic E-state index is 0.0990. The molecule has 0 radical (unpaired) electrons. The molecule has 0 saturated heterocycles. The number of hydrogen-bond donors (Lipinski definition) is 2. The molecule has 3 N–H and O–H groups in total. The molecule has 2 rings (SSSR count). The molecule has 4 nitrogen and oxygen atoms in total. The number of hydrogen-bond acceptors (Lipinski definition) is 2. The summed E-state index contributed by atoms with van der Waals surface area (Å²) < 4.78 is 115. The molecular formula is C20H15F9N2O2. The lowest BCUT2D eigenvalue weighted by molar-refractivity contribution is -0.143. The molecule has 2 aromatic rings. The first-order valence-corrected chi connectivity index (χ1v) is 9.00. The summed E-state index contributed by atoms with van der Waals surface area (Å²) in [6.07, 6.45) is -16.1. The van der Waals surface area contributed by atoms with Crippen molar-refractivity contribution in [3.05, 3.63) is 70.3 Å². The van der Waals surface area contributed by atoms with Gasteiger partial charge in [-0.1, -0.05) is 12.1 Å². The van der Waals surface area contributed by atoms with Crippen molar-refractivity contribution in [3.63, 3.8) is 0 Å². The van der Waals surface area contributed by atoms with Crippen LogP contribution in [0, 0.1) is 0 Å². The zero-order valence-electron chi connectivity index (χ0n) is 16.3. The first-order chi connectivity index (χ1) is 15.0. The first kappa shape index (κ1) is 26.0. The molecule has 0 unspecified atom stereocenters. The molecule has 0 aliphatic heterocycles. The van der Waals surface area contributed by atoms with E-state index in [9.17, 15) is 49.1 Å². The Kier molecular flexibility index (Phi) is 7.34. The monoisotopic (exact) mass is 486 g/mol. The predicted octanol–water partition coefficient (Wildman–Crippen LogP) is 4.50. The van der Waals surface area contributed by atoms with Crippen LogP contribution in [-0.2, 0) is 41.0 Å². The van der Waals surface area contributed by atoms with Crippen LogP contribution < -0.4 is 11.1 Å². The predicted molar refractivity (Wildman–Crippen MR) is 96.4 cm³/mol. The molecule has 13 heteroatoms. The standard InChI is InChI=1S/C20H15F9N2O2/c21-18(22,23)12-3-1-10(2-4-12)7-15(17(30)33)31-16(32)8-11-5-13(19(24,25)26)9-14(6-11)20(27,28)29/h1-6,9,15H,7-8H2,(H2,30,33)(H,31,32)/t15-/m1/s1. The molecule has 1 atom stereocenters. The Labute approximate surface area is 180 Å². The number of carbonyl (C=O) groups excluding carboxylic acids is 2. The molecular weight excluding hydrogens is 471 g/mol. The molecule has 2 aromatic carbocycles. The van der Waals surface area contributed by atoms with Crippen molar-refractivity contribution >= 4 is 11.8 Å². The molecule has 0 aromatic heterocycles. The molecule has 0 aliphatic rings. The van der Waals surface area contributed by atoms with Crippen LogP contribution >= 0.6 is 0 Å². The fourth-order valence-corrected chi connectivity index (χ4v) is 2.84. The number of rotatable bonds is 6. The van der Waals surface area contributed by atoms with E-state index in [2.05, 4.69) is 5.32 Å². The van der Waals surface area contributed by atoms with Crippen molar-refractivity contribution in [1.82, 2.24) is 5.32 Å². The Morgan fingerprint density at radius 1 is 0.727 bits per heavy atom. The topological polar surface area (TPSA) is 72.2 Å². The van der Waals surface area contributed by atoms with Gasteiger partial charge in [-0.25, -0.2) is 0 Å². The third kappa shape index (κ3) is 7.39. The molecule has 180 valence electrons. The highest BCUT2D eigenvalue weighted by Gasteiger charge is 2.37. The third-order valence-corrected chi connectivity index (χ3v) is 4.41. The molecule has 0 fully saturated rings. The summed E-state index contributed by atoms with van der Waals surface area (Å²) in [7, 11) is 0. The van der Waals surface area contributed by atoms with Crippen LogP contribution in [0.15, 0.2) is 42.5 Å². The van der Waals surface area contributed by atoms with Crippen molar-refractivity contribution in [2.45, 2.75) is 37.4 Å². The van der Waals surface area contributed by atoms with Gasteiger partial charge in [0.15, 0.2) is 0 Å².